The Kier molecular flexibility index (Phi) is 8.10. The van der Waals surface area contributed by atoms with Crippen LogP contribution in [-0.4, -0.2) is 24.5 Å². The van der Waals surface area contributed by atoms with Gasteiger partial charge in [0.2, 0.25) is 0 Å². The highest BCUT2D eigenvalue weighted by atomic mass is 15.0. The van der Waals surface area contributed by atoms with Crippen molar-refractivity contribution >= 4 is 54.3 Å². The third-order valence-corrected chi connectivity index (χ3v) is 11.8. The Balaban J connectivity index is 1.02. The summed E-state index contributed by atoms with van der Waals surface area (Å²) < 4.78 is 2.38. The molecule has 0 aliphatic rings. The molecule has 5 nitrogen and oxygen atoms in total. The highest BCUT2D eigenvalue weighted by Gasteiger charge is 2.20. The summed E-state index contributed by atoms with van der Waals surface area (Å²) in [5.74, 6) is 1.92. The molecule has 0 aliphatic heterocycles. The maximum Gasteiger partial charge on any atom is 0.164 e. The van der Waals surface area contributed by atoms with Crippen LogP contribution in [0.1, 0.15) is 0 Å². The lowest BCUT2D eigenvalue weighted by molar-refractivity contribution is 1.08. The Bertz CT molecular complexity index is 3610. The lowest BCUT2D eigenvalue weighted by Crippen LogP contribution is -2.00. The molecule has 61 heavy (non-hydrogen) atoms. The van der Waals surface area contributed by atoms with E-state index in [9.17, 15) is 0 Å². The second-order valence-corrected chi connectivity index (χ2v) is 15.4. The van der Waals surface area contributed by atoms with Crippen molar-refractivity contribution in [1.82, 2.24) is 24.5 Å². The molecule has 12 rings (SSSR count). The Hall–Kier alpha value is -8.28. The standard InChI is InChI=1S/C56H35N5/c1-4-16-38(17-5-1)51-45-25-13-12-24-44(45)46-32-33-47-49-35-41(31-34-50(49)61(53(47)52(46)57-51)42-21-8-3-9-22-42)36-27-29-40(30-28-36)55-58-54(39-18-6-2-7-19-39)59-56(60-55)48-26-14-20-37-15-10-11-23-43(37)48/h1-35H. The fraction of sp³-hybridized carbons (Fsp3) is 0. The van der Waals surface area contributed by atoms with Crippen molar-refractivity contribution in [2.75, 3.05) is 0 Å². The van der Waals surface area contributed by atoms with Crippen LogP contribution in [0.3, 0.4) is 0 Å². The average molecular weight is 778 g/mol. The molecule has 284 valence electrons. The Morgan fingerprint density at radius 3 is 1.62 bits per heavy atom. The molecular formula is C56H35N5. The third-order valence-electron chi connectivity index (χ3n) is 11.8. The number of fused-ring (bicyclic) bond motifs is 8. The van der Waals surface area contributed by atoms with Crippen LogP contribution < -0.4 is 0 Å². The van der Waals surface area contributed by atoms with E-state index >= 15 is 0 Å². The first kappa shape index (κ1) is 34.7. The summed E-state index contributed by atoms with van der Waals surface area (Å²) in [5, 5.41) is 8.05. The van der Waals surface area contributed by atoms with E-state index < -0.39 is 0 Å². The first-order valence-corrected chi connectivity index (χ1v) is 20.6. The Morgan fingerprint density at radius 1 is 0.311 bits per heavy atom. The van der Waals surface area contributed by atoms with E-state index in [0.717, 1.165) is 88.2 Å². The molecule has 0 spiro atoms. The van der Waals surface area contributed by atoms with E-state index in [0.29, 0.717) is 17.5 Å². The van der Waals surface area contributed by atoms with E-state index in [1.807, 2.05) is 30.3 Å². The summed E-state index contributed by atoms with van der Waals surface area (Å²) in [6, 6.07) is 74.5. The van der Waals surface area contributed by atoms with Gasteiger partial charge in [0.15, 0.2) is 17.5 Å². The molecule has 0 aliphatic carbocycles. The highest BCUT2D eigenvalue weighted by Crippen LogP contribution is 2.41. The monoisotopic (exact) mass is 777 g/mol. The largest absolute Gasteiger partial charge is 0.307 e. The van der Waals surface area contributed by atoms with E-state index in [2.05, 4.69) is 187 Å². The molecule has 0 radical (unpaired) electrons. The number of hydrogen-bond acceptors (Lipinski definition) is 4. The lowest BCUT2D eigenvalue weighted by atomic mass is 9.98. The van der Waals surface area contributed by atoms with Crippen molar-refractivity contribution in [3.63, 3.8) is 0 Å². The zero-order chi connectivity index (χ0) is 40.3. The lowest BCUT2D eigenvalue weighted by Gasteiger charge is -2.13. The van der Waals surface area contributed by atoms with E-state index in [4.69, 9.17) is 19.9 Å². The second-order valence-electron chi connectivity index (χ2n) is 15.4. The fourth-order valence-electron chi connectivity index (χ4n) is 8.93. The van der Waals surface area contributed by atoms with Crippen LogP contribution in [0.4, 0.5) is 0 Å². The maximum atomic E-state index is 5.53. The summed E-state index contributed by atoms with van der Waals surface area (Å²) in [4.78, 5) is 20.7. The molecule has 12 aromatic rings. The van der Waals surface area contributed by atoms with Crippen molar-refractivity contribution in [3.05, 3.63) is 212 Å². The van der Waals surface area contributed by atoms with Crippen LogP contribution in [0.25, 0.3) is 116 Å². The van der Waals surface area contributed by atoms with E-state index in [1.54, 1.807) is 0 Å². The molecule has 0 fully saturated rings. The molecule has 0 saturated carbocycles. The van der Waals surface area contributed by atoms with Crippen molar-refractivity contribution in [2.24, 2.45) is 0 Å². The minimum Gasteiger partial charge on any atom is -0.307 e. The number of hydrogen-bond donors (Lipinski definition) is 0. The van der Waals surface area contributed by atoms with Gasteiger partial charge in [-0.25, -0.2) is 19.9 Å². The summed E-state index contributed by atoms with van der Waals surface area (Å²) in [5.41, 5.74) is 11.5. The van der Waals surface area contributed by atoms with Gasteiger partial charge in [0.1, 0.15) is 0 Å². The molecule has 9 aromatic carbocycles. The minimum atomic E-state index is 0.631. The topological polar surface area (TPSA) is 56.5 Å². The van der Waals surface area contributed by atoms with Gasteiger partial charge >= 0.3 is 0 Å². The smallest absolute Gasteiger partial charge is 0.164 e. The number of nitrogens with zero attached hydrogens (tertiary/aromatic N) is 5. The van der Waals surface area contributed by atoms with Gasteiger partial charge < -0.3 is 4.57 Å². The van der Waals surface area contributed by atoms with Crippen molar-refractivity contribution in [1.29, 1.82) is 0 Å². The highest BCUT2D eigenvalue weighted by molar-refractivity contribution is 6.23. The molecular weight excluding hydrogens is 743 g/mol. The van der Waals surface area contributed by atoms with Gasteiger partial charge in [0.05, 0.1) is 22.2 Å². The fourth-order valence-corrected chi connectivity index (χ4v) is 8.93. The van der Waals surface area contributed by atoms with Gasteiger partial charge in [-0.3, -0.25) is 0 Å². The SMILES string of the molecule is c1ccc(-c2nc(-c3ccc(-c4ccc5c(c4)c4ccc6c7ccccc7c(-c7ccccc7)nc6c4n5-c4ccccc4)cc3)nc(-c3cccc4ccccc34)n2)cc1. The van der Waals surface area contributed by atoms with Gasteiger partial charge in [0.25, 0.3) is 0 Å². The molecule has 3 aromatic heterocycles. The van der Waals surface area contributed by atoms with Crippen LogP contribution >= 0.6 is 0 Å². The number of benzene rings is 9. The first-order valence-electron chi connectivity index (χ1n) is 20.6. The van der Waals surface area contributed by atoms with Gasteiger partial charge in [0, 0.05) is 49.5 Å². The van der Waals surface area contributed by atoms with Crippen molar-refractivity contribution in [2.45, 2.75) is 0 Å². The molecule has 3 heterocycles. The molecule has 0 atom stereocenters. The number of para-hydroxylation sites is 1. The van der Waals surface area contributed by atoms with E-state index in [1.165, 1.54) is 10.8 Å². The summed E-state index contributed by atoms with van der Waals surface area (Å²) >= 11 is 0. The molecule has 5 heteroatoms. The molecule has 0 saturated heterocycles. The minimum absolute atomic E-state index is 0.631. The maximum absolute atomic E-state index is 5.53. The molecule has 0 amide bonds. The van der Waals surface area contributed by atoms with Crippen LogP contribution in [0.2, 0.25) is 0 Å². The molecule has 0 N–H and O–H groups in total. The van der Waals surface area contributed by atoms with E-state index in [-0.39, 0.29) is 0 Å². The number of rotatable bonds is 6. The predicted octanol–water partition coefficient (Wildman–Crippen LogP) is 14.2. The summed E-state index contributed by atoms with van der Waals surface area (Å²) in [6.07, 6.45) is 0. The quantitative estimate of drug-likeness (QED) is 0.158. The predicted molar refractivity (Wildman–Crippen MR) is 252 cm³/mol. The van der Waals surface area contributed by atoms with Gasteiger partial charge in [-0.1, -0.05) is 188 Å². The van der Waals surface area contributed by atoms with Gasteiger partial charge in [-0.05, 0) is 51.6 Å². The number of pyridine rings is 1. The average Bonchev–Trinajstić information content (AvgIpc) is 3.68. The Labute approximate surface area is 351 Å². The zero-order valence-electron chi connectivity index (χ0n) is 32.9. The summed E-state index contributed by atoms with van der Waals surface area (Å²) in [6.45, 7) is 0. The third kappa shape index (κ3) is 5.86. The Morgan fingerprint density at radius 2 is 0.869 bits per heavy atom. The molecule has 0 unspecified atom stereocenters. The normalized spacial score (nSPS) is 11.6. The summed E-state index contributed by atoms with van der Waals surface area (Å²) in [7, 11) is 0. The number of aromatic nitrogens is 5. The van der Waals surface area contributed by atoms with Crippen molar-refractivity contribution < 1.29 is 0 Å². The van der Waals surface area contributed by atoms with Crippen LogP contribution in [0.15, 0.2) is 212 Å². The zero-order valence-corrected chi connectivity index (χ0v) is 32.9. The second kappa shape index (κ2) is 14.2. The van der Waals surface area contributed by atoms with Gasteiger partial charge in [-0.15, -0.1) is 0 Å². The first-order chi connectivity index (χ1) is 30.2. The van der Waals surface area contributed by atoms with Crippen molar-refractivity contribution in [3.8, 4) is 62.2 Å². The van der Waals surface area contributed by atoms with Crippen LogP contribution in [0.5, 0.6) is 0 Å². The molecule has 0 bridgehead atoms. The van der Waals surface area contributed by atoms with Crippen LogP contribution in [0, 0.1) is 0 Å². The van der Waals surface area contributed by atoms with Gasteiger partial charge in [-0.2, -0.15) is 0 Å². The van der Waals surface area contributed by atoms with Crippen LogP contribution in [-0.2, 0) is 0 Å².